The average molecular weight is 339 g/mol. The SMILES string of the molecule is COCC1(CNS(=O)(=O)c2c(C)n[nH]c2C)CCCN1.Cl. The Labute approximate surface area is 131 Å². The first-order valence-corrected chi connectivity index (χ1v) is 8.14. The second-order valence-corrected chi connectivity index (χ2v) is 7.04. The highest BCUT2D eigenvalue weighted by Crippen LogP contribution is 2.21. The number of nitrogens with one attached hydrogen (secondary N) is 3. The molecule has 0 aliphatic carbocycles. The van der Waals surface area contributed by atoms with Crippen molar-refractivity contribution in [3.63, 3.8) is 0 Å². The molecule has 0 radical (unpaired) electrons. The Morgan fingerprint density at radius 3 is 2.62 bits per heavy atom. The molecule has 3 N–H and O–H groups in total. The van der Waals surface area contributed by atoms with Gasteiger partial charge in [0.2, 0.25) is 10.0 Å². The molecule has 1 aliphatic heterocycles. The molecule has 0 aromatic carbocycles. The molecule has 0 saturated carbocycles. The predicted molar refractivity (Wildman–Crippen MR) is 82.3 cm³/mol. The number of hydrogen-bond acceptors (Lipinski definition) is 5. The van der Waals surface area contributed by atoms with Gasteiger partial charge in [0.15, 0.2) is 0 Å². The van der Waals surface area contributed by atoms with Gasteiger partial charge in [-0.05, 0) is 33.2 Å². The van der Waals surface area contributed by atoms with Gasteiger partial charge in [-0.2, -0.15) is 5.10 Å². The molecule has 2 heterocycles. The Hall–Kier alpha value is -0.670. The van der Waals surface area contributed by atoms with Gasteiger partial charge in [0, 0.05) is 13.7 Å². The number of sulfonamides is 1. The van der Waals surface area contributed by atoms with Crippen LogP contribution in [0.15, 0.2) is 4.90 Å². The van der Waals surface area contributed by atoms with Crippen LogP contribution in [0.4, 0.5) is 0 Å². The molecule has 0 bridgehead atoms. The molecule has 1 aliphatic rings. The minimum atomic E-state index is -3.56. The topological polar surface area (TPSA) is 96.1 Å². The molecule has 1 aromatic heterocycles. The average Bonchev–Trinajstić information content (AvgIpc) is 2.96. The van der Waals surface area contributed by atoms with E-state index in [0.717, 1.165) is 19.4 Å². The summed E-state index contributed by atoms with van der Waals surface area (Å²) >= 11 is 0. The molecule has 21 heavy (non-hydrogen) atoms. The van der Waals surface area contributed by atoms with Crippen LogP contribution in [-0.2, 0) is 14.8 Å². The fraction of sp³-hybridized carbons (Fsp3) is 0.750. The summed E-state index contributed by atoms with van der Waals surface area (Å²) in [7, 11) is -1.94. The van der Waals surface area contributed by atoms with Crippen LogP contribution in [0.25, 0.3) is 0 Å². The van der Waals surface area contributed by atoms with Crippen molar-refractivity contribution in [1.29, 1.82) is 0 Å². The van der Waals surface area contributed by atoms with Crippen LogP contribution in [0.3, 0.4) is 0 Å². The number of aromatic amines is 1. The lowest BCUT2D eigenvalue weighted by atomic mass is 9.99. The van der Waals surface area contributed by atoms with E-state index in [-0.39, 0.29) is 22.8 Å². The molecule has 2 rings (SSSR count). The van der Waals surface area contributed by atoms with Crippen molar-refractivity contribution in [3.05, 3.63) is 11.4 Å². The molecule has 1 atom stereocenters. The van der Waals surface area contributed by atoms with Gasteiger partial charge in [-0.3, -0.25) is 5.10 Å². The van der Waals surface area contributed by atoms with Crippen LogP contribution < -0.4 is 10.0 Å². The summed E-state index contributed by atoms with van der Waals surface area (Å²) < 4.78 is 32.7. The minimum Gasteiger partial charge on any atom is -0.383 e. The molecular weight excluding hydrogens is 316 g/mol. The third-order valence-electron chi connectivity index (χ3n) is 3.68. The largest absolute Gasteiger partial charge is 0.383 e. The first kappa shape index (κ1) is 18.4. The maximum absolute atomic E-state index is 12.4. The number of aromatic nitrogens is 2. The van der Waals surface area contributed by atoms with Crippen molar-refractivity contribution in [2.75, 3.05) is 26.8 Å². The Balaban J connectivity index is 0.00000220. The van der Waals surface area contributed by atoms with Gasteiger partial charge in [0.1, 0.15) is 4.90 Å². The highest BCUT2D eigenvalue weighted by atomic mass is 35.5. The van der Waals surface area contributed by atoms with Gasteiger partial charge >= 0.3 is 0 Å². The van der Waals surface area contributed by atoms with Crippen LogP contribution in [-0.4, -0.2) is 51.0 Å². The number of halogens is 1. The smallest absolute Gasteiger partial charge is 0.244 e. The number of methoxy groups -OCH3 is 1. The number of nitrogens with zero attached hydrogens (tertiary/aromatic N) is 1. The van der Waals surface area contributed by atoms with E-state index in [1.807, 2.05) is 0 Å². The summed E-state index contributed by atoms with van der Waals surface area (Å²) in [5, 5.41) is 9.97. The Kier molecular flexibility index (Phi) is 6.18. The third kappa shape index (κ3) is 3.95. The third-order valence-corrected chi connectivity index (χ3v) is 5.35. The van der Waals surface area contributed by atoms with Crippen molar-refractivity contribution >= 4 is 22.4 Å². The van der Waals surface area contributed by atoms with E-state index in [1.54, 1.807) is 21.0 Å². The molecule has 1 unspecified atom stereocenters. The second-order valence-electron chi connectivity index (χ2n) is 5.33. The van der Waals surface area contributed by atoms with E-state index in [4.69, 9.17) is 4.74 Å². The zero-order valence-electron chi connectivity index (χ0n) is 12.5. The zero-order valence-corrected chi connectivity index (χ0v) is 14.2. The summed E-state index contributed by atoms with van der Waals surface area (Å²) in [6.07, 6.45) is 1.92. The molecule has 1 saturated heterocycles. The van der Waals surface area contributed by atoms with Crippen molar-refractivity contribution in [2.24, 2.45) is 0 Å². The molecule has 1 fully saturated rings. The zero-order chi connectivity index (χ0) is 14.8. The van der Waals surface area contributed by atoms with Gasteiger partial charge in [0.25, 0.3) is 0 Å². The van der Waals surface area contributed by atoms with Gasteiger partial charge < -0.3 is 10.1 Å². The summed E-state index contributed by atoms with van der Waals surface area (Å²) in [5.41, 5.74) is 0.721. The molecule has 7 nitrogen and oxygen atoms in total. The highest BCUT2D eigenvalue weighted by Gasteiger charge is 2.35. The summed E-state index contributed by atoms with van der Waals surface area (Å²) in [6, 6.07) is 0. The Morgan fingerprint density at radius 2 is 2.14 bits per heavy atom. The molecule has 122 valence electrons. The van der Waals surface area contributed by atoms with E-state index in [9.17, 15) is 8.42 Å². The van der Waals surface area contributed by atoms with Gasteiger partial charge in [-0.15, -0.1) is 12.4 Å². The van der Waals surface area contributed by atoms with Crippen LogP contribution in [0.2, 0.25) is 0 Å². The van der Waals surface area contributed by atoms with E-state index in [1.165, 1.54) is 0 Å². The maximum Gasteiger partial charge on any atom is 0.244 e. The highest BCUT2D eigenvalue weighted by molar-refractivity contribution is 7.89. The Morgan fingerprint density at radius 1 is 1.43 bits per heavy atom. The number of aryl methyl sites for hydroxylation is 2. The van der Waals surface area contributed by atoms with E-state index in [2.05, 4.69) is 20.2 Å². The molecule has 0 spiro atoms. The van der Waals surface area contributed by atoms with Crippen LogP contribution in [0.1, 0.15) is 24.2 Å². The summed E-state index contributed by atoms with van der Waals surface area (Å²) in [6.45, 7) is 5.06. The lowest BCUT2D eigenvalue weighted by Gasteiger charge is -2.28. The minimum absolute atomic E-state index is 0. The van der Waals surface area contributed by atoms with Crippen molar-refractivity contribution in [1.82, 2.24) is 20.2 Å². The lowest BCUT2D eigenvalue weighted by molar-refractivity contribution is 0.122. The number of hydrogen-bond donors (Lipinski definition) is 3. The normalized spacial score (nSPS) is 22.2. The quantitative estimate of drug-likeness (QED) is 0.701. The number of rotatable bonds is 6. The fourth-order valence-electron chi connectivity index (χ4n) is 2.71. The van der Waals surface area contributed by atoms with Crippen molar-refractivity contribution in [2.45, 2.75) is 37.1 Å². The van der Waals surface area contributed by atoms with E-state index < -0.39 is 10.0 Å². The molecule has 1 aromatic rings. The Bertz CT molecular complexity index is 548. The second kappa shape index (κ2) is 7.06. The van der Waals surface area contributed by atoms with E-state index in [0.29, 0.717) is 24.5 Å². The standard InChI is InChI=1S/C12H22N4O3S.ClH/c1-9-11(10(2)16-15-9)20(17,18)14-7-12(8-19-3)5-4-6-13-12;/h13-14H,4-8H2,1-3H3,(H,15,16);1H. The lowest BCUT2D eigenvalue weighted by Crippen LogP contribution is -2.52. The number of H-pyrrole nitrogens is 1. The predicted octanol–water partition coefficient (Wildman–Crippen LogP) is 0.495. The van der Waals surface area contributed by atoms with Crippen molar-refractivity contribution < 1.29 is 13.2 Å². The summed E-state index contributed by atoms with van der Waals surface area (Å²) in [5.74, 6) is 0. The van der Waals surface area contributed by atoms with Gasteiger partial charge in [-0.25, -0.2) is 13.1 Å². The molecule has 9 heteroatoms. The van der Waals surface area contributed by atoms with E-state index >= 15 is 0 Å². The fourth-order valence-corrected chi connectivity index (χ4v) is 4.21. The van der Waals surface area contributed by atoms with Gasteiger partial charge in [0.05, 0.1) is 23.5 Å². The van der Waals surface area contributed by atoms with Crippen LogP contribution in [0, 0.1) is 13.8 Å². The summed E-state index contributed by atoms with van der Waals surface area (Å²) in [4.78, 5) is 0.239. The number of ether oxygens (including phenoxy) is 1. The first-order valence-electron chi connectivity index (χ1n) is 6.65. The molecule has 0 amide bonds. The van der Waals surface area contributed by atoms with Crippen LogP contribution >= 0.6 is 12.4 Å². The monoisotopic (exact) mass is 338 g/mol. The van der Waals surface area contributed by atoms with Crippen molar-refractivity contribution in [3.8, 4) is 0 Å². The molecular formula is C12H23ClN4O3S. The van der Waals surface area contributed by atoms with Gasteiger partial charge in [-0.1, -0.05) is 0 Å². The van der Waals surface area contributed by atoms with Crippen LogP contribution in [0.5, 0.6) is 0 Å². The maximum atomic E-state index is 12.4. The first-order chi connectivity index (χ1) is 9.40.